The summed E-state index contributed by atoms with van der Waals surface area (Å²) in [5.41, 5.74) is 4.35. The summed E-state index contributed by atoms with van der Waals surface area (Å²) in [5.74, 6) is 0.651. The van der Waals surface area contributed by atoms with Gasteiger partial charge >= 0.3 is 6.03 Å². The molecule has 2 heterocycles. The van der Waals surface area contributed by atoms with Crippen molar-refractivity contribution in [2.75, 3.05) is 11.9 Å². The number of carbonyl (C=O) groups excluding carboxylic acids is 1. The van der Waals surface area contributed by atoms with E-state index in [9.17, 15) is 4.79 Å². The maximum Gasteiger partial charge on any atom is 0.322 e. The lowest BCUT2D eigenvalue weighted by Crippen LogP contribution is -2.43. The first-order valence-corrected chi connectivity index (χ1v) is 10.1. The number of nitrogens with one attached hydrogen (secondary N) is 1. The van der Waals surface area contributed by atoms with Gasteiger partial charge in [0.15, 0.2) is 5.82 Å². The molecule has 1 aliphatic heterocycles. The van der Waals surface area contributed by atoms with Crippen molar-refractivity contribution >= 4 is 11.7 Å². The Bertz CT molecular complexity index is 1070. The molecule has 1 saturated carbocycles. The highest BCUT2D eigenvalue weighted by atomic mass is 16.2. The van der Waals surface area contributed by atoms with Crippen molar-refractivity contribution in [3.8, 4) is 11.4 Å². The molecule has 1 spiro atoms. The van der Waals surface area contributed by atoms with Crippen molar-refractivity contribution in [2.45, 2.75) is 44.7 Å². The Morgan fingerprint density at radius 2 is 1.86 bits per heavy atom. The Morgan fingerprint density at radius 1 is 1.10 bits per heavy atom. The van der Waals surface area contributed by atoms with Crippen LogP contribution in [0, 0.1) is 0 Å². The number of rotatable bonds is 3. The summed E-state index contributed by atoms with van der Waals surface area (Å²) < 4.78 is 1.77. The zero-order valence-electron chi connectivity index (χ0n) is 16.7. The Hall–Kier alpha value is -3.22. The predicted octanol–water partition coefficient (Wildman–Crippen LogP) is 4.00. The SMILES string of the molecule is CC(C)n1nnnc1-c1ccccc1NC(=O)N1Cc2ccccc2C2(CC2)C1. The van der Waals surface area contributed by atoms with Crippen molar-refractivity contribution in [1.82, 2.24) is 25.1 Å². The van der Waals surface area contributed by atoms with Crippen LogP contribution in [0.5, 0.6) is 0 Å². The quantitative estimate of drug-likeness (QED) is 0.736. The molecule has 1 fully saturated rings. The zero-order valence-corrected chi connectivity index (χ0v) is 16.7. The first kappa shape index (κ1) is 17.8. The molecular formula is C22H24N6O. The highest BCUT2D eigenvalue weighted by Crippen LogP contribution is 2.52. The van der Waals surface area contributed by atoms with Gasteiger partial charge in [-0.3, -0.25) is 0 Å². The summed E-state index contributed by atoms with van der Waals surface area (Å²) in [6, 6.07) is 16.2. The number of aromatic nitrogens is 4. The maximum absolute atomic E-state index is 13.2. The number of benzene rings is 2. The van der Waals surface area contributed by atoms with Crippen LogP contribution < -0.4 is 5.32 Å². The van der Waals surface area contributed by atoms with E-state index in [2.05, 4.69) is 45.1 Å². The summed E-state index contributed by atoms with van der Waals surface area (Å²) in [6.45, 7) is 5.46. The van der Waals surface area contributed by atoms with Crippen LogP contribution in [0.25, 0.3) is 11.4 Å². The van der Waals surface area contributed by atoms with E-state index < -0.39 is 0 Å². The van der Waals surface area contributed by atoms with E-state index >= 15 is 0 Å². The van der Waals surface area contributed by atoms with Crippen LogP contribution in [0.1, 0.15) is 43.9 Å². The third-order valence-corrected chi connectivity index (χ3v) is 5.98. The lowest BCUT2D eigenvalue weighted by molar-refractivity contribution is 0.197. The van der Waals surface area contributed by atoms with Crippen LogP contribution >= 0.6 is 0 Å². The molecule has 0 unspecified atom stereocenters. The Kier molecular flexibility index (Phi) is 4.12. The molecule has 0 saturated heterocycles. The molecule has 0 bridgehead atoms. The molecular weight excluding hydrogens is 364 g/mol. The van der Waals surface area contributed by atoms with Crippen molar-refractivity contribution in [2.24, 2.45) is 0 Å². The van der Waals surface area contributed by atoms with Crippen LogP contribution in [-0.2, 0) is 12.0 Å². The molecule has 2 amide bonds. The average Bonchev–Trinajstić information content (AvgIpc) is 3.31. The topological polar surface area (TPSA) is 75.9 Å². The van der Waals surface area contributed by atoms with Crippen molar-refractivity contribution in [3.05, 3.63) is 59.7 Å². The average molecular weight is 388 g/mol. The van der Waals surface area contributed by atoms with E-state index in [0.29, 0.717) is 12.4 Å². The summed E-state index contributed by atoms with van der Waals surface area (Å²) >= 11 is 0. The second-order valence-electron chi connectivity index (χ2n) is 8.31. The number of carbonyl (C=O) groups is 1. The number of nitrogens with zero attached hydrogens (tertiary/aromatic N) is 5. The Labute approximate surface area is 169 Å². The van der Waals surface area contributed by atoms with E-state index in [1.165, 1.54) is 11.1 Å². The smallest absolute Gasteiger partial charge is 0.319 e. The van der Waals surface area contributed by atoms with Crippen molar-refractivity contribution in [3.63, 3.8) is 0 Å². The summed E-state index contributed by atoms with van der Waals surface area (Å²) in [4.78, 5) is 15.1. The number of tetrazole rings is 1. The fourth-order valence-electron chi connectivity index (χ4n) is 4.31. The highest BCUT2D eigenvalue weighted by Gasteiger charge is 2.49. The molecule has 1 aliphatic carbocycles. The van der Waals surface area contributed by atoms with Crippen LogP contribution in [0.15, 0.2) is 48.5 Å². The summed E-state index contributed by atoms with van der Waals surface area (Å²) in [7, 11) is 0. The Balaban J connectivity index is 1.42. The van der Waals surface area contributed by atoms with Crippen LogP contribution in [-0.4, -0.2) is 37.7 Å². The molecule has 5 rings (SSSR count). The predicted molar refractivity (Wildman–Crippen MR) is 110 cm³/mol. The van der Waals surface area contributed by atoms with Gasteiger partial charge in [0.05, 0.1) is 11.7 Å². The minimum Gasteiger partial charge on any atom is -0.319 e. The molecule has 0 atom stereocenters. The minimum atomic E-state index is -0.0817. The number of fused-ring (bicyclic) bond motifs is 2. The molecule has 2 aromatic carbocycles. The summed E-state index contributed by atoms with van der Waals surface area (Å²) in [5, 5.41) is 15.2. The molecule has 148 valence electrons. The monoisotopic (exact) mass is 388 g/mol. The highest BCUT2D eigenvalue weighted by molar-refractivity contribution is 5.94. The second-order valence-corrected chi connectivity index (χ2v) is 8.31. The molecule has 3 aromatic rings. The van der Waals surface area contributed by atoms with Gasteiger partial charge in [0.2, 0.25) is 0 Å². The second kappa shape index (κ2) is 6.69. The standard InChI is InChI=1S/C22H24N6O/c1-15(2)28-20(24-25-26-28)17-8-4-6-10-19(17)23-21(29)27-13-16-7-3-5-9-18(16)22(14-27)11-12-22/h3-10,15H,11-14H2,1-2H3,(H,23,29). The molecule has 2 aliphatic rings. The third kappa shape index (κ3) is 3.06. The van der Waals surface area contributed by atoms with Gasteiger partial charge in [0.1, 0.15) is 0 Å². The minimum absolute atomic E-state index is 0.0817. The van der Waals surface area contributed by atoms with Crippen LogP contribution in [0.3, 0.4) is 0 Å². The zero-order chi connectivity index (χ0) is 20.0. The number of para-hydroxylation sites is 1. The van der Waals surface area contributed by atoms with Gasteiger partial charge in [-0.2, -0.15) is 0 Å². The fraction of sp³-hybridized carbons (Fsp3) is 0.364. The van der Waals surface area contributed by atoms with Gasteiger partial charge in [-0.05, 0) is 60.4 Å². The maximum atomic E-state index is 13.2. The van der Waals surface area contributed by atoms with Gasteiger partial charge < -0.3 is 10.2 Å². The molecule has 1 N–H and O–H groups in total. The van der Waals surface area contributed by atoms with Gasteiger partial charge in [0, 0.05) is 24.1 Å². The number of hydrogen-bond acceptors (Lipinski definition) is 4. The van der Waals surface area contributed by atoms with E-state index in [-0.39, 0.29) is 17.5 Å². The molecule has 7 heteroatoms. The summed E-state index contributed by atoms with van der Waals surface area (Å²) in [6.07, 6.45) is 2.29. The van der Waals surface area contributed by atoms with Crippen LogP contribution in [0.4, 0.5) is 10.5 Å². The fourth-order valence-corrected chi connectivity index (χ4v) is 4.31. The van der Waals surface area contributed by atoms with E-state index in [1.807, 2.05) is 43.0 Å². The van der Waals surface area contributed by atoms with E-state index in [0.717, 1.165) is 30.6 Å². The number of anilines is 1. The lowest BCUT2D eigenvalue weighted by Gasteiger charge is -2.35. The first-order valence-electron chi connectivity index (χ1n) is 10.1. The van der Waals surface area contributed by atoms with Gasteiger partial charge in [-0.15, -0.1) is 5.10 Å². The molecule has 7 nitrogen and oxygen atoms in total. The van der Waals surface area contributed by atoms with Gasteiger partial charge in [0.25, 0.3) is 0 Å². The molecule has 29 heavy (non-hydrogen) atoms. The third-order valence-electron chi connectivity index (χ3n) is 5.98. The van der Waals surface area contributed by atoms with Gasteiger partial charge in [-0.1, -0.05) is 36.4 Å². The number of urea groups is 1. The van der Waals surface area contributed by atoms with Crippen LogP contribution in [0.2, 0.25) is 0 Å². The molecule has 0 radical (unpaired) electrons. The number of amides is 2. The lowest BCUT2D eigenvalue weighted by atomic mass is 9.87. The first-order chi connectivity index (χ1) is 14.1. The van der Waals surface area contributed by atoms with Crippen molar-refractivity contribution < 1.29 is 4.79 Å². The van der Waals surface area contributed by atoms with Crippen molar-refractivity contribution in [1.29, 1.82) is 0 Å². The largest absolute Gasteiger partial charge is 0.322 e. The molecule has 1 aromatic heterocycles. The number of hydrogen-bond donors (Lipinski definition) is 1. The van der Waals surface area contributed by atoms with E-state index in [1.54, 1.807) is 4.68 Å². The normalized spacial score (nSPS) is 16.7. The Morgan fingerprint density at radius 3 is 2.66 bits per heavy atom. The van der Waals surface area contributed by atoms with Gasteiger partial charge in [-0.25, -0.2) is 9.48 Å². The van der Waals surface area contributed by atoms with E-state index in [4.69, 9.17) is 0 Å².